The van der Waals surface area contributed by atoms with Crippen LogP contribution in [0.25, 0.3) is 0 Å². The van der Waals surface area contributed by atoms with Crippen LogP contribution in [-0.4, -0.2) is 26.4 Å². The van der Waals surface area contributed by atoms with Crippen molar-refractivity contribution >= 4 is 0 Å². The second-order valence-corrected chi connectivity index (χ2v) is 5.19. The molecule has 1 unspecified atom stereocenters. The minimum Gasteiger partial charge on any atom is -0.493 e. The fourth-order valence-electron chi connectivity index (χ4n) is 1.95. The molecule has 0 bridgehead atoms. The van der Waals surface area contributed by atoms with Gasteiger partial charge in [0.15, 0.2) is 11.5 Å². The molecule has 2 rings (SSSR count). The van der Waals surface area contributed by atoms with Crippen LogP contribution in [0.1, 0.15) is 25.8 Å². The summed E-state index contributed by atoms with van der Waals surface area (Å²) >= 11 is 0. The van der Waals surface area contributed by atoms with Crippen LogP contribution >= 0.6 is 0 Å². The molecule has 4 heteroatoms. The lowest BCUT2D eigenvalue weighted by molar-refractivity contribution is 0.138. The van der Waals surface area contributed by atoms with Gasteiger partial charge in [0, 0.05) is 12.0 Å². The van der Waals surface area contributed by atoms with Crippen molar-refractivity contribution in [3.05, 3.63) is 23.8 Å². The van der Waals surface area contributed by atoms with Crippen LogP contribution < -0.4 is 15.2 Å². The van der Waals surface area contributed by atoms with E-state index in [2.05, 4.69) is 0 Å². The molecule has 2 N–H and O–H groups in total. The lowest BCUT2D eigenvalue weighted by atomic mass is 9.95. The molecule has 1 aromatic rings. The quantitative estimate of drug-likeness (QED) is 0.890. The summed E-state index contributed by atoms with van der Waals surface area (Å²) in [6.45, 7) is 5.34. The van der Waals surface area contributed by atoms with Crippen LogP contribution in [-0.2, 0) is 10.3 Å². The van der Waals surface area contributed by atoms with Gasteiger partial charge in [-0.05, 0) is 31.5 Å². The average Bonchev–Trinajstić information content (AvgIpc) is 2.81. The van der Waals surface area contributed by atoms with Gasteiger partial charge in [-0.2, -0.15) is 0 Å². The van der Waals surface area contributed by atoms with Crippen molar-refractivity contribution in [2.45, 2.75) is 31.9 Å². The van der Waals surface area contributed by atoms with Gasteiger partial charge in [-0.1, -0.05) is 6.07 Å². The van der Waals surface area contributed by atoms with Gasteiger partial charge in [-0.15, -0.1) is 0 Å². The second-order valence-electron chi connectivity index (χ2n) is 5.19. The first kappa shape index (κ1) is 13.2. The lowest BCUT2D eigenvalue weighted by Gasteiger charge is -2.22. The van der Waals surface area contributed by atoms with Gasteiger partial charge < -0.3 is 19.9 Å². The summed E-state index contributed by atoms with van der Waals surface area (Å²) in [5.74, 6) is 1.47. The summed E-state index contributed by atoms with van der Waals surface area (Å²) in [5, 5.41) is 0. The van der Waals surface area contributed by atoms with Gasteiger partial charge in [0.05, 0.1) is 20.3 Å². The van der Waals surface area contributed by atoms with Gasteiger partial charge in [0.1, 0.15) is 6.10 Å². The Bertz CT molecular complexity index is 406. The standard InChI is InChI=1S/C14H21NO3/c1-14(2,15)10-4-5-12(13(8-10)16-3)18-11-6-7-17-9-11/h4-5,8,11H,6-7,9,15H2,1-3H3. The van der Waals surface area contributed by atoms with Crippen LogP contribution in [0.3, 0.4) is 0 Å². The Kier molecular flexibility index (Phi) is 3.78. The van der Waals surface area contributed by atoms with Crippen LogP contribution in [0.4, 0.5) is 0 Å². The number of rotatable bonds is 4. The average molecular weight is 251 g/mol. The van der Waals surface area contributed by atoms with Crippen molar-refractivity contribution in [3.8, 4) is 11.5 Å². The molecule has 1 atom stereocenters. The Balaban J connectivity index is 2.20. The Morgan fingerprint density at radius 1 is 1.33 bits per heavy atom. The molecule has 1 saturated heterocycles. The molecule has 1 aliphatic heterocycles. The van der Waals surface area contributed by atoms with Gasteiger partial charge in [-0.3, -0.25) is 0 Å². The third kappa shape index (κ3) is 2.94. The smallest absolute Gasteiger partial charge is 0.161 e. The van der Waals surface area contributed by atoms with E-state index in [1.807, 2.05) is 32.0 Å². The first-order chi connectivity index (χ1) is 8.50. The second kappa shape index (κ2) is 5.16. The van der Waals surface area contributed by atoms with E-state index in [1.165, 1.54) is 0 Å². The topological polar surface area (TPSA) is 53.7 Å². The van der Waals surface area contributed by atoms with Crippen molar-refractivity contribution < 1.29 is 14.2 Å². The van der Waals surface area contributed by atoms with E-state index in [0.717, 1.165) is 30.1 Å². The molecule has 0 saturated carbocycles. The van der Waals surface area contributed by atoms with E-state index in [-0.39, 0.29) is 11.6 Å². The Hall–Kier alpha value is -1.26. The number of nitrogens with two attached hydrogens (primary N) is 1. The van der Waals surface area contributed by atoms with Crippen LogP contribution in [0, 0.1) is 0 Å². The molecule has 0 aromatic heterocycles. The van der Waals surface area contributed by atoms with Crippen molar-refractivity contribution in [3.63, 3.8) is 0 Å². The van der Waals surface area contributed by atoms with E-state index in [4.69, 9.17) is 19.9 Å². The predicted octanol–water partition coefficient (Wildman–Crippen LogP) is 2.06. The third-order valence-corrected chi connectivity index (χ3v) is 3.09. The lowest BCUT2D eigenvalue weighted by Crippen LogP contribution is -2.28. The fraction of sp³-hybridized carbons (Fsp3) is 0.571. The molecule has 0 spiro atoms. The molecule has 18 heavy (non-hydrogen) atoms. The normalized spacial score (nSPS) is 19.9. The largest absolute Gasteiger partial charge is 0.493 e. The van der Waals surface area contributed by atoms with Crippen molar-refractivity contribution in [2.24, 2.45) is 5.73 Å². The zero-order valence-corrected chi connectivity index (χ0v) is 11.2. The summed E-state index contributed by atoms with van der Waals surface area (Å²) in [6, 6.07) is 5.83. The Labute approximate surface area is 108 Å². The summed E-state index contributed by atoms with van der Waals surface area (Å²) in [7, 11) is 1.64. The van der Waals surface area contributed by atoms with Gasteiger partial charge in [0.2, 0.25) is 0 Å². The number of benzene rings is 1. The zero-order valence-electron chi connectivity index (χ0n) is 11.2. The summed E-state index contributed by atoms with van der Waals surface area (Å²) in [6.07, 6.45) is 1.04. The Morgan fingerprint density at radius 3 is 2.67 bits per heavy atom. The number of methoxy groups -OCH3 is 1. The molecule has 1 fully saturated rings. The summed E-state index contributed by atoms with van der Waals surface area (Å²) in [4.78, 5) is 0. The minimum absolute atomic E-state index is 0.121. The van der Waals surface area contributed by atoms with E-state index in [1.54, 1.807) is 7.11 Å². The molecule has 100 valence electrons. The molecule has 0 amide bonds. The van der Waals surface area contributed by atoms with E-state index in [0.29, 0.717) is 6.61 Å². The number of ether oxygens (including phenoxy) is 3. The maximum Gasteiger partial charge on any atom is 0.161 e. The van der Waals surface area contributed by atoms with Crippen molar-refractivity contribution in [2.75, 3.05) is 20.3 Å². The van der Waals surface area contributed by atoms with Gasteiger partial charge >= 0.3 is 0 Å². The minimum atomic E-state index is -0.387. The summed E-state index contributed by atoms with van der Waals surface area (Å²) in [5.41, 5.74) is 6.71. The highest BCUT2D eigenvalue weighted by Crippen LogP contribution is 2.32. The van der Waals surface area contributed by atoms with Crippen LogP contribution in [0.2, 0.25) is 0 Å². The molecule has 1 aliphatic rings. The van der Waals surface area contributed by atoms with E-state index >= 15 is 0 Å². The fourth-order valence-corrected chi connectivity index (χ4v) is 1.95. The van der Waals surface area contributed by atoms with E-state index in [9.17, 15) is 0 Å². The van der Waals surface area contributed by atoms with Crippen LogP contribution in [0.15, 0.2) is 18.2 Å². The first-order valence-electron chi connectivity index (χ1n) is 6.22. The highest BCUT2D eigenvalue weighted by molar-refractivity contribution is 5.44. The third-order valence-electron chi connectivity index (χ3n) is 3.09. The van der Waals surface area contributed by atoms with Gasteiger partial charge in [0.25, 0.3) is 0 Å². The predicted molar refractivity (Wildman–Crippen MR) is 70.1 cm³/mol. The number of hydrogen-bond donors (Lipinski definition) is 1. The highest BCUT2D eigenvalue weighted by atomic mass is 16.6. The Morgan fingerprint density at radius 2 is 2.11 bits per heavy atom. The summed E-state index contributed by atoms with van der Waals surface area (Å²) < 4.78 is 16.5. The molecule has 0 radical (unpaired) electrons. The monoisotopic (exact) mass is 251 g/mol. The maximum absolute atomic E-state index is 6.08. The van der Waals surface area contributed by atoms with Crippen LogP contribution in [0.5, 0.6) is 11.5 Å². The molecule has 1 aromatic carbocycles. The first-order valence-corrected chi connectivity index (χ1v) is 6.22. The van der Waals surface area contributed by atoms with Crippen molar-refractivity contribution in [1.82, 2.24) is 0 Å². The molecule has 4 nitrogen and oxygen atoms in total. The SMILES string of the molecule is COc1cc(C(C)(C)N)ccc1OC1CCOC1. The van der Waals surface area contributed by atoms with Gasteiger partial charge in [-0.25, -0.2) is 0 Å². The zero-order chi connectivity index (χ0) is 13.2. The van der Waals surface area contributed by atoms with Crippen molar-refractivity contribution in [1.29, 1.82) is 0 Å². The molecular formula is C14H21NO3. The molecule has 0 aliphatic carbocycles. The molecule has 1 heterocycles. The maximum atomic E-state index is 6.08. The molecular weight excluding hydrogens is 230 g/mol. The highest BCUT2D eigenvalue weighted by Gasteiger charge is 2.21. The number of hydrogen-bond acceptors (Lipinski definition) is 4. The van der Waals surface area contributed by atoms with E-state index < -0.39 is 0 Å².